The SMILES string of the molecule is CC(=Nc1ccccc1O[Si](C)C)c1ccccn1. The van der Waals surface area contributed by atoms with Crippen molar-refractivity contribution in [2.24, 2.45) is 4.99 Å². The van der Waals surface area contributed by atoms with Gasteiger partial charge in [-0.25, -0.2) is 4.99 Å². The molecule has 1 aromatic carbocycles. The van der Waals surface area contributed by atoms with Crippen molar-refractivity contribution in [1.82, 2.24) is 4.98 Å². The van der Waals surface area contributed by atoms with Crippen LogP contribution in [0.4, 0.5) is 5.69 Å². The topological polar surface area (TPSA) is 34.5 Å². The average Bonchev–Trinajstić information content (AvgIpc) is 2.41. The first-order valence-electron chi connectivity index (χ1n) is 6.20. The van der Waals surface area contributed by atoms with Gasteiger partial charge in [-0.3, -0.25) is 4.98 Å². The monoisotopic (exact) mass is 269 g/mol. The van der Waals surface area contributed by atoms with E-state index in [1.807, 2.05) is 49.4 Å². The number of para-hydroxylation sites is 2. The summed E-state index contributed by atoms with van der Waals surface area (Å²) in [6, 6.07) is 13.7. The van der Waals surface area contributed by atoms with Crippen molar-refractivity contribution in [3.8, 4) is 5.75 Å². The van der Waals surface area contributed by atoms with E-state index in [0.29, 0.717) is 0 Å². The summed E-state index contributed by atoms with van der Waals surface area (Å²) in [4.78, 5) is 8.93. The lowest BCUT2D eigenvalue weighted by atomic mass is 10.2. The van der Waals surface area contributed by atoms with Crippen LogP contribution < -0.4 is 4.43 Å². The number of hydrogen-bond donors (Lipinski definition) is 0. The first-order chi connectivity index (χ1) is 9.16. The van der Waals surface area contributed by atoms with Gasteiger partial charge in [0.2, 0.25) is 0 Å². The van der Waals surface area contributed by atoms with Crippen LogP contribution in [0.2, 0.25) is 13.1 Å². The van der Waals surface area contributed by atoms with Gasteiger partial charge in [0.25, 0.3) is 9.04 Å². The molecule has 3 nitrogen and oxygen atoms in total. The van der Waals surface area contributed by atoms with E-state index in [4.69, 9.17) is 4.43 Å². The molecule has 19 heavy (non-hydrogen) atoms. The Bertz CT molecular complexity index is 567. The van der Waals surface area contributed by atoms with E-state index in [-0.39, 0.29) is 0 Å². The van der Waals surface area contributed by atoms with Gasteiger partial charge in [-0.1, -0.05) is 18.2 Å². The molecule has 0 amide bonds. The summed E-state index contributed by atoms with van der Waals surface area (Å²) in [7, 11) is -0.793. The van der Waals surface area contributed by atoms with Crippen LogP contribution in [0.5, 0.6) is 5.75 Å². The maximum absolute atomic E-state index is 5.86. The Labute approximate surface area is 115 Å². The Hall–Kier alpha value is -1.94. The number of aliphatic imine (C=N–C) groups is 1. The molecule has 1 aromatic heterocycles. The molecule has 0 bridgehead atoms. The zero-order valence-corrected chi connectivity index (χ0v) is 12.4. The summed E-state index contributed by atoms with van der Waals surface area (Å²) >= 11 is 0. The highest BCUT2D eigenvalue weighted by molar-refractivity contribution is 6.49. The Morgan fingerprint density at radius 2 is 1.84 bits per heavy atom. The highest BCUT2D eigenvalue weighted by Crippen LogP contribution is 2.28. The molecule has 1 heterocycles. The normalized spacial score (nSPS) is 11.7. The van der Waals surface area contributed by atoms with Crippen LogP contribution in [0.25, 0.3) is 0 Å². The summed E-state index contributed by atoms with van der Waals surface area (Å²) in [6.07, 6.45) is 1.77. The third kappa shape index (κ3) is 3.76. The van der Waals surface area contributed by atoms with E-state index in [1.165, 1.54) is 0 Å². The van der Waals surface area contributed by atoms with Crippen LogP contribution in [-0.4, -0.2) is 19.7 Å². The van der Waals surface area contributed by atoms with E-state index < -0.39 is 9.04 Å². The highest BCUT2D eigenvalue weighted by Gasteiger charge is 2.06. The fraction of sp³-hybridized carbons (Fsp3) is 0.200. The summed E-state index contributed by atoms with van der Waals surface area (Å²) in [5.41, 5.74) is 2.63. The molecule has 0 saturated heterocycles. The quantitative estimate of drug-likeness (QED) is 0.624. The van der Waals surface area contributed by atoms with Crippen molar-refractivity contribution in [3.05, 3.63) is 54.4 Å². The van der Waals surface area contributed by atoms with Crippen LogP contribution in [0.1, 0.15) is 12.6 Å². The molecule has 0 N–H and O–H groups in total. The van der Waals surface area contributed by atoms with E-state index in [2.05, 4.69) is 23.1 Å². The minimum atomic E-state index is -0.793. The molecule has 2 rings (SSSR count). The fourth-order valence-electron chi connectivity index (χ4n) is 1.67. The molecule has 0 fully saturated rings. The second-order valence-electron chi connectivity index (χ2n) is 4.39. The standard InChI is InChI=1S/C15H17N2OSi/c1-12(13-8-6-7-11-16-13)17-14-9-4-5-10-15(14)18-19(2)3/h4-11H,1-3H3. The van der Waals surface area contributed by atoms with Crippen LogP contribution in [0, 0.1) is 0 Å². The lowest BCUT2D eigenvalue weighted by molar-refractivity contribution is 0.582. The van der Waals surface area contributed by atoms with Crippen molar-refractivity contribution in [2.75, 3.05) is 0 Å². The van der Waals surface area contributed by atoms with Crippen LogP contribution >= 0.6 is 0 Å². The van der Waals surface area contributed by atoms with Gasteiger partial charge in [-0.05, 0) is 44.3 Å². The molecule has 0 spiro atoms. The first-order valence-corrected chi connectivity index (χ1v) is 8.61. The number of benzene rings is 1. The predicted molar refractivity (Wildman–Crippen MR) is 80.7 cm³/mol. The van der Waals surface area contributed by atoms with Crippen molar-refractivity contribution in [1.29, 1.82) is 0 Å². The maximum atomic E-state index is 5.86. The van der Waals surface area contributed by atoms with Crippen molar-refractivity contribution in [2.45, 2.75) is 20.0 Å². The van der Waals surface area contributed by atoms with E-state index in [0.717, 1.165) is 22.8 Å². The molecule has 1 radical (unpaired) electrons. The highest BCUT2D eigenvalue weighted by atomic mass is 28.3. The van der Waals surface area contributed by atoms with Gasteiger partial charge >= 0.3 is 0 Å². The van der Waals surface area contributed by atoms with Crippen LogP contribution in [0.15, 0.2) is 53.7 Å². The van der Waals surface area contributed by atoms with Gasteiger partial charge in [-0.15, -0.1) is 0 Å². The predicted octanol–water partition coefficient (Wildman–Crippen LogP) is 3.85. The van der Waals surface area contributed by atoms with E-state index >= 15 is 0 Å². The first kappa shape index (κ1) is 13.5. The van der Waals surface area contributed by atoms with Gasteiger partial charge in [0, 0.05) is 6.20 Å². The summed E-state index contributed by atoms with van der Waals surface area (Å²) in [5.74, 6) is 0.844. The molecule has 0 aliphatic heterocycles. The van der Waals surface area contributed by atoms with Crippen LogP contribution in [0.3, 0.4) is 0 Å². The number of nitrogens with zero attached hydrogens (tertiary/aromatic N) is 2. The molecule has 0 atom stereocenters. The summed E-state index contributed by atoms with van der Waals surface area (Å²) < 4.78 is 5.86. The molecule has 0 aliphatic carbocycles. The average molecular weight is 269 g/mol. The molecule has 0 unspecified atom stereocenters. The zero-order valence-electron chi connectivity index (χ0n) is 11.4. The second-order valence-corrected chi connectivity index (χ2v) is 6.41. The molecule has 4 heteroatoms. The lowest BCUT2D eigenvalue weighted by Crippen LogP contribution is -2.11. The van der Waals surface area contributed by atoms with Crippen LogP contribution in [-0.2, 0) is 0 Å². The third-order valence-electron chi connectivity index (χ3n) is 2.50. The van der Waals surface area contributed by atoms with E-state index in [9.17, 15) is 0 Å². The zero-order chi connectivity index (χ0) is 13.7. The lowest BCUT2D eigenvalue weighted by Gasteiger charge is -2.11. The number of pyridine rings is 1. The maximum Gasteiger partial charge on any atom is 0.274 e. The fourth-order valence-corrected chi connectivity index (χ4v) is 2.28. The van der Waals surface area contributed by atoms with Gasteiger partial charge in [0.1, 0.15) is 11.4 Å². The largest absolute Gasteiger partial charge is 0.541 e. The van der Waals surface area contributed by atoms with Crippen molar-refractivity contribution >= 4 is 20.4 Å². The van der Waals surface area contributed by atoms with Gasteiger partial charge in [-0.2, -0.15) is 0 Å². The van der Waals surface area contributed by atoms with E-state index in [1.54, 1.807) is 6.20 Å². The smallest absolute Gasteiger partial charge is 0.274 e. The van der Waals surface area contributed by atoms with Crippen molar-refractivity contribution in [3.63, 3.8) is 0 Å². The second kappa shape index (κ2) is 6.29. The van der Waals surface area contributed by atoms with Gasteiger partial charge < -0.3 is 4.43 Å². The molecular formula is C15H17N2OSi. The van der Waals surface area contributed by atoms with Crippen molar-refractivity contribution < 1.29 is 4.43 Å². The minimum absolute atomic E-state index is 0.793. The number of hydrogen-bond acceptors (Lipinski definition) is 3. The van der Waals surface area contributed by atoms with Gasteiger partial charge in [0.05, 0.1) is 11.4 Å². The number of rotatable bonds is 4. The molecule has 0 aliphatic rings. The van der Waals surface area contributed by atoms with Gasteiger partial charge in [0.15, 0.2) is 0 Å². The Morgan fingerprint density at radius 1 is 1.11 bits per heavy atom. The molecule has 97 valence electrons. The summed E-state index contributed by atoms with van der Waals surface area (Å²) in [5, 5.41) is 0. The Kier molecular flexibility index (Phi) is 4.47. The Morgan fingerprint density at radius 3 is 2.53 bits per heavy atom. The number of aromatic nitrogens is 1. The summed E-state index contributed by atoms with van der Waals surface area (Å²) in [6.45, 7) is 6.18. The Balaban J connectivity index is 2.32. The molecular weight excluding hydrogens is 252 g/mol. The molecule has 2 aromatic rings. The molecule has 0 saturated carbocycles. The third-order valence-corrected chi connectivity index (χ3v) is 3.13. The minimum Gasteiger partial charge on any atom is -0.541 e.